The monoisotopic (exact) mass is 467 g/mol. The first-order valence-electron chi connectivity index (χ1n) is 11.6. The molecule has 0 bridgehead atoms. The molecule has 0 aliphatic heterocycles. The number of nitrogen functional groups attached to an aromatic ring is 1. The summed E-state index contributed by atoms with van der Waals surface area (Å²) in [5.41, 5.74) is 9.77. The van der Waals surface area contributed by atoms with Crippen LogP contribution in [0.1, 0.15) is 49.9 Å². The number of halogens is 1. The van der Waals surface area contributed by atoms with Gasteiger partial charge in [0.2, 0.25) is 0 Å². The number of hydrogen-bond acceptors (Lipinski definition) is 4. The molecule has 4 nitrogen and oxygen atoms in total. The van der Waals surface area contributed by atoms with Gasteiger partial charge in [0.15, 0.2) is 0 Å². The third-order valence-electron chi connectivity index (χ3n) is 6.73. The lowest BCUT2D eigenvalue weighted by Gasteiger charge is -2.32. The van der Waals surface area contributed by atoms with Crippen LogP contribution in [0, 0.1) is 5.82 Å². The Labute approximate surface area is 206 Å². The fourth-order valence-electron chi connectivity index (χ4n) is 4.28. The lowest BCUT2D eigenvalue weighted by molar-refractivity contribution is 0.453. The summed E-state index contributed by atoms with van der Waals surface area (Å²) >= 11 is 0. The molecule has 0 aliphatic rings. The summed E-state index contributed by atoms with van der Waals surface area (Å²) in [4.78, 5) is 0. The SMILES string of the molecule is CC(C)(c1ccccc1)c1cc(N=Nc2cc(F)ccc2N)c(O)c(C(C)(C)c2ccccc2)c1. The Bertz CT molecular complexity index is 1360. The van der Waals surface area contributed by atoms with Crippen molar-refractivity contribution >= 4 is 17.1 Å². The summed E-state index contributed by atoms with van der Waals surface area (Å²) in [6, 6.07) is 28.1. The number of benzene rings is 4. The fraction of sp³-hybridized carbons (Fsp3) is 0.200. The molecule has 0 fully saturated rings. The van der Waals surface area contributed by atoms with E-state index in [0.717, 1.165) is 22.3 Å². The van der Waals surface area contributed by atoms with E-state index in [1.165, 1.54) is 18.2 Å². The normalized spacial score (nSPS) is 12.3. The van der Waals surface area contributed by atoms with Gasteiger partial charge in [0.05, 0.1) is 5.69 Å². The van der Waals surface area contributed by atoms with E-state index in [0.29, 0.717) is 11.4 Å². The molecule has 5 heteroatoms. The molecule has 0 heterocycles. The van der Waals surface area contributed by atoms with Crippen LogP contribution in [0.5, 0.6) is 5.75 Å². The maximum absolute atomic E-state index is 13.8. The molecule has 3 N–H and O–H groups in total. The zero-order valence-electron chi connectivity index (χ0n) is 20.5. The lowest BCUT2D eigenvalue weighted by Crippen LogP contribution is -2.23. The van der Waals surface area contributed by atoms with Gasteiger partial charge in [-0.3, -0.25) is 0 Å². The van der Waals surface area contributed by atoms with Crippen molar-refractivity contribution in [1.29, 1.82) is 0 Å². The van der Waals surface area contributed by atoms with E-state index in [9.17, 15) is 9.50 Å². The van der Waals surface area contributed by atoms with Gasteiger partial charge in [-0.05, 0) is 34.9 Å². The molecular formula is C30H30FN3O. The van der Waals surface area contributed by atoms with Crippen LogP contribution in [-0.2, 0) is 10.8 Å². The molecule has 0 aromatic heterocycles. The van der Waals surface area contributed by atoms with Crippen LogP contribution < -0.4 is 5.73 Å². The number of phenolic OH excluding ortho intramolecular Hbond substituents is 1. The maximum atomic E-state index is 13.8. The molecule has 35 heavy (non-hydrogen) atoms. The van der Waals surface area contributed by atoms with E-state index in [2.05, 4.69) is 50.1 Å². The average molecular weight is 468 g/mol. The molecular weight excluding hydrogens is 437 g/mol. The van der Waals surface area contributed by atoms with Gasteiger partial charge in [0.1, 0.15) is 22.9 Å². The van der Waals surface area contributed by atoms with Gasteiger partial charge in [0.25, 0.3) is 0 Å². The van der Waals surface area contributed by atoms with Crippen LogP contribution in [0.4, 0.5) is 21.5 Å². The van der Waals surface area contributed by atoms with Gasteiger partial charge in [-0.1, -0.05) is 94.4 Å². The molecule has 4 rings (SSSR count). The predicted molar refractivity (Wildman–Crippen MR) is 140 cm³/mol. The Morgan fingerprint density at radius 1 is 0.657 bits per heavy atom. The van der Waals surface area contributed by atoms with Crippen molar-refractivity contribution in [3.63, 3.8) is 0 Å². The van der Waals surface area contributed by atoms with Crippen LogP contribution in [0.2, 0.25) is 0 Å². The number of rotatable bonds is 6. The Hall–Kier alpha value is -3.99. The highest BCUT2D eigenvalue weighted by Gasteiger charge is 2.32. The first kappa shape index (κ1) is 24.1. The summed E-state index contributed by atoms with van der Waals surface area (Å²) in [5.74, 6) is -0.424. The van der Waals surface area contributed by atoms with Gasteiger partial charge in [0, 0.05) is 22.5 Å². The Morgan fingerprint density at radius 3 is 1.80 bits per heavy atom. The van der Waals surface area contributed by atoms with Crippen molar-refractivity contribution in [2.75, 3.05) is 5.73 Å². The van der Waals surface area contributed by atoms with Gasteiger partial charge in [-0.2, -0.15) is 0 Å². The van der Waals surface area contributed by atoms with E-state index in [1.807, 2.05) is 60.7 Å². The van der Waals surface area contributed by atoms with Crippen molar-refractivity contribution in [1.82, 2.24) is 0 Å². The van der Waals surface area contributed by atoms with E-state index >= 15 is 0 Å². The minimum atomic E-state index is -0.518. The molecule has 4 aromatic rings. The Kier molecular flexibility index (Phi) is 6.44. The number of hydrogen-bond donors (Lipinski definition) is 2. The quantitative estimate of drug-likeness (QED) is 0.222. The van der Waals surface area contributed by atoms with Crippen molar-refractivity contribution in [3.8, 4) is 5.75 Å². The van der Waals surface area contributed by atoms with Crippen LogP contribution >= 0.6 is 0 Å². The highest BCUT2D eigenvalue weighted by Crippen LogP contribution is 2.46. The molecule has 178 valence electrons. The number of phenols is 1. The number of nitrogens with zero attached hydrogens (tertiary/aromatic N) is 2. The van der Waals surface area contributed by atoms with E-state index < -0.39 is 11.2 Å². The van der Waals surface area contributed by atoms with E-state index in [1.54, 1.807) is 0 Å². The van der Waals surface area contributed by atoms with Crippen LogP contribution in [0.15, 0.2) is 101 Å². The number of aromatic hydroxyl groups is 1. The highest BCUT2D eigenvalue weighted by atomic mass is 19.1. The molecule has 0 aliphatic carbocycles. The maximum Gasteiger partial charge on any atom is 0.147 e. The third kappa shape index (κ3) is 4.80. The van der Waals surface area contributed by atoms with Crippen molar-refractivity contribution in [2.24, 2.45) is 10.2 Å². The molecule has 0 amide bonds. The standard InChI is InChI=1S/C30H30FN3O/c1-29(2,20-11-7-5-8-12-20)22-17-24(30(3,4)21-13-9-6-10-14-21)28(35)27(18-22)34-33-26-19-23(31)15-16-25(26)32/h5-19,35H,32H2,1-4H3. The molecule has 0 saturated carbocycles. The molecule has 4 aromatic carbocycles. The van der Waals surface area contributed by atoms with Crippen molar-refractivity contribution < 1.29 is 9.50 Å². The summed E-state index contributed by atoms with van der Waals surface area (Å²) in [6.07, 6.45) is 0. The topological polar surface area (TPSA) is 71.0 Å². The molecule has 0 radical (unpaired) electrons. The first-order valence-corrected chi connectivity index (χ1v) is 11.6. The molecule has 0 saturated heterocycles. The van der Waals surface area contributed by atoms with Gasteiger partial charge < -0.3 is 10.8 Å². The van der Waals surface area contributed by atoms with Crippen LogP contribution in [0.3, 0.4) is 0 Å². The van der Waals surface area contributed by atoms with Crippen molar-refractivity contribution in [2.45, 2.75) is 38.5 Å². The number of nitrogens with two attached hydrogens (primary N) is 1. The first-order chi connectivity index (χ1) is 16.6. The zero-order valence-corrected chi connectivity index (χ0v) is 20.5. The second kappa shape index (κ2) is 9.34. The Balaban J connectivity index is 1.92. The zero-order chi connectivity index (χ0) is 25.2. The largest absolute Gasteiger partial charge is 0.505 e. The minimum Gasteiger partial charge on any atom is -0.505 e. The molecule has 0 spiro atoms. The molecule has 0 atom stereocenters. The predicted octanol–water partition coefficient (Wildman–Crippen LogP) is 8.18. The van der Waals surface area contributed by atoms with Gasteiger partial charge >= 0.3 is 0 Å². The Morgan fingerprint density at radius 2 is 1.20 bits per heavy atom. The second-order valence-electron chi connectivity index (χ2n) is 9.78. The summed E-state index contributed by atoms with van der Waals surface area (Å²) in [6.45, 7) is 8.42. The van der Waals surface area contributed by atoms with Gasteiger partial charge in [-0.15, -0.1) is 10.2 Å². The number of anilines is 1. The van der Waals surface area contributed by atoms with E-state index in [4.69, 9.17) is 5.73 Å². The fourth-order valence-corrected chi connectivity index (χ4v) is 4.28. The van der Waals surface area contributed by atoms with Crippen molar-refractivity contribution in [3.05, 3.63) is 119 Å². The second-order valence-corrected chi connectivity index (χ2v) is 9.78. The average Bonchev–Trinajstić information content (AvgIpc) is 2.86. The highest BCUT2D eigenvalue weighted by molar-refractivity contribution is 5.65. The third-order valence-corrected chi connectivity index (χ3v) is 6.73. The summed E-state index contributed by atoms with van der Waals surface area (Å²) in [5, 5.41) is 19.9. The smallest absolute Gasteiger partial charge is 0.147 e. The number of azo groups is 1. The lowest BCUT2D eigenvalue weighted by atomic mass is 9.72. The molecule has 0 unspecified atom stereocenters. The summed E-state index contributed by atoms with van der Waals surface area (Å²) < 4.78 is 13.8. The van der Waals surface area contributed by atoms with Crippen LogP contribution in [-0.4, -0.2) is 5.11 Å². The van der Waals surface area contributed by atoms with E-state index in [-0.39, 0.29) is 16.9 Å². The summed E-state index contributed by atoms with van der Waals surface area (Å²) in [7, 11) is 0. The van der Waals surface area contributed by atoms with Crippen LogP contribution in [0.25, 0.3) is 0 Å². The minimum absolute atomic E-state index is 0.0326. The van der Waals surface area contributed by atoms with Gasteiger partial charge in [-0.25, -0.2) is 4.39 Å².